The van der Waals surface area contributed by atoms with Gasteiger partial charge in [0.1, 0.15) is 25.3 Å². The number of carbonyl (C=O) groups excluding carboxylic acids is 5. The van der Waals surface area contributed by atoms with E-state index in [0.717, 1.165) is 17.7 Å². The third-order valence-corrected chi connectivity index (χ3v) is 6.08. The fraction of sp³-hybridized carbons (Fsp3) is 0.500. The number of fused-ring (bicyclic) bond motifs is 1. The van der Waals surface area contributed by atoms with Crippen molar-refractivity contribution in [2.24, 2.45) is 5.92 Å². The van der Waals surface area contributed by atoms with Gasteiger partial charge in [-0.15, -0.1) is 0 Å². The van der Waals surface area contributed by atoms with E-state index in [-0.39, 0.29) is 0 Å². The van der Waals surface area contributed by atoms with Gasteiger partial charge in [-0.25, -0.2) is 9.59 Å². The summed E-state index contributed by atoms with van der Waals surface area (Å²) in [4.78, 5) is 62.0. The number of hydrogen-bond acceptors (Lipinski definition) is 8. The predicted molar refractivity (Wildman–Crippen MR) is 116 cm³/mol. The topological polar surface area (TPSA) is 152 Å². The SMILES string of the molecule is CC1CCC2(CC1)NC(=O)N(CC(=O)OCC(=O)NC(=O)Nc1ccc3c(c1)OCCO3)C2=O. The maximum atomic E-state index is 12.8. The Kier molecular flexibility index (Phi) is 6.57. The molecule has 0 aromatic heterocycles. The lowest BCUT2D eigenvalue weighted by Gasteiger charge is -2.33. The first-order valence-electron chi connectivity index (χ1n) is 11.1. The van der Waals surface area contributed by atoms with E-state index in [1.165, 1.54) is 0 Å². The predicted octanol–water partition coefficient (Wildman–Crippen LogP) is 1.15. The van der Waals surface area contributed by atoms with Gasteiger partial charge in [-0.05, 0) is 43.7 Å². The molecule has 182 valence electrons. The van der Waals surface area contributed by atoms with Crippen LogP contribution >= 0.6 is 0 Å². The van der Waals surface area contributed by atoms with E-state index >= 15 is 0 Å². The Morgan fingerprint density at radius 3 is 2.59 bits per heavy atom. The molecule has 3 aliphatic rings. The summed E-state index contributed by atoms with van der Waals surface area (Å²) in [5, 5.41) is 7.20. The van der Waals surface area contributed by atoms with Gasteiger partial charge in [-0.1, -0.05) is 6.92 Å². The van der Waals surface area contributed by atoms with Gasteiger partial charge < -0.3 is 24.8 Å². The number of amides is 6. The monoisotopic (exact) mass is 474 g/mol. The molecule has 1 aliphatic carbocycles. The van der Waals surface area contributed by atoms with Gasteiger partial charge in [0.2, 0.25) is 0 Å². The highest BCUT2D eigenvalue weighted by atomic mass is 16.6. The quantitative estimate of drug-likeness (QED) is 0.424. The van der Waals surface area contributed by atoms with Crippen LogP contribution in [0.25, 0.3) is 0 Å². The van der Waals surface area contributed by atoms with Crippen molar-refractivity contribution in [1.82, 2.24) is 15.5 Å². The van der Waals surface area contributed by atoms with Crippen LogP contribution in [0.3, 0.4) is 0 Å². The van der Waals surface area contributed by atoms with Crippen LogP contribution in [0, 0.1) is 5.92 Å². The first-order valence-corrected chi connectivity index (χ1v) is 11.1. The molecule has 0 unspecified atom stereocenters. The van der Waals surface area contributed by atoms with Crippen molar-refractivity contribution in [3.8, 4) is 11.5 Å². The van der Waals surface area contributed by atoms with E-state index in [1.54, 1.807) is 18.2 Å². The second-order valence-electron chi connectivity index (χ2n) is 8.61. The highest BCUT2D eigenvalue weighted by molar-refractivity contribution is 6.09. The summed E-state index contributed by atoms with van der Waals surface area (Å²) in [5.74, 6) is -0.779. The summed E-state index contributed by atoms with van der Waals surface area (Å²) in [6.07, 6.45) is 2.65. The van der Waals surface area contributed by atoms with Crippen molar-refractivity contribution < 1.29 is 38.2 Å². The zero-order chi connectivity index (χ0) is 24.3. The summed E-state index contributed by atoms with van der Waals surface area (Å²) in [6.45, 7) is 1.55. The highest BCUT2D eigenvalue weighted by Gasteiger charge is 2.52. The Bertz CT molecular complexity index is 1020. The number of urea groups is 2. The largest absolute Gasteiger partial charge is 0.486 e. The molecule has 3 N–H and O–H groups in total. The fourth-order valence-corrected chi connectivity index (χ4v) is 4.18. The van der Waals surface area contributed by atoms with Crippen molar-refractivity contribution >= 4 is 35.5 Å². The molecule has 1 aromatic rings. The van der Waals surface area contributed by atoms with Crippen LogP contribution in [0.2, 0.25) is 0 Å². The first kappa shape index (κ1) is 23.3. The van der Waals surface area contributed by atoms with E-state index < -0.39 is 48.5 Å². The van der Waals surface area contributed by atoms with Crippen molar-refractivity contribution in [2.75, 3.05) is 31.7 Å². The Balaban J connectivity index is 1.22. The number of imide groups is 2. The number of ether oxygens (including phenoxy) is 3. The van der Waals surface area contributed by atoms with Gasteiger partial charge in [0.15, 0.2) is 18.1 Å². The summed E-state index contributed by atoms with van der Waals surface area (Å²) < 4.78 is 15.7. The summed E-state index contributed by atoms with van der Waals surface area (Å²) in [6, 6.07) is 3.27. The van der Waals surface area contributed by atoms with Crippen LogP contribution in [0.4, 0.5) is 15.3 Å². The van der Waals surface area contributed by atoms with E-state index in [1.807, 2.05) is 5.32 Å². The fourth-order valence-electron chi connectivity index (χ4n) is 4.18. The third kappa shape index (κ3) is 5.05. The lowest BCUT2D eigenvalue weighted by molar-refractivity contribution is -0.151. The lowest BCUT2D eigenvalue weighted by Crippen LogP contribution is -2.49. The lowest BCUT2D eigenvalue weighted by atomic mass is 9.77. The number of nitrogens with zero attached hydrogens (tertiary/aromatic N) is 1. The van der Waals surface area contributed by atoms with Crippen LogP contribution in [0.1, 0.15) is 32.6 Å². The summed E-state index contributed by atoms with van der Waals surface area (Å²) >= 11 is 0. The minimum Gasteiger partial charge on any atom is -0.486 e. The number of esters is 1. The van der Waals surface area contributed by atoms with E-state index in [2.05, 4.69) is 17.6 Å². The van der Waals surface area contributed by atoms with E-state index in [4.69, 9.17) is 14.2 Å². The van der Waals surface area contributed by atoms with Gasteiger partial charge in [0, 0.05) is 11.8 Å². The number of hydrogen-bond donors (Lipinski definition) is 3. The molecule has 4 rings (SSSR count). The minimum absolute atomic E-state index is 0.371. The van der Waals surface area contributed by atoms with Crippen molar-refractivity contribution in [1.29, 1.82) is 0 Å². The van der Waals surface area contributed by atoms with E-state index in [9.17, 15) is 24.0 Å². The second kappa shape index (κ2) is 9.57. The highest BCUT2D eigenvalue weighted by Crippen LogP contribution is 2.36. The van der Waals surface area contributed by atoms with Crippen LogP contribution in [0.15, 0.2) is 18.2 Å². The first-order chi connectivity index (χ1) is 16.3. The molecule has 1 saturated heterocycles. The standard InChI is InChI=1S/C22H26N4O8/c1-13-4-6-22(7-5-13)19(29)26(21(31)25-22)11-18(28)34-12-17(27)24-20(30)23-14-2-3-15-16(10-14)33-9-8-32-15/h2-3,10,13H,4-9,11-12H2,1H3,(H,25,31)(H2,23,24,27,30). The molecular weight excluding hydrogens is 448 g/mol. The number of nitrogens with one attached hydrogen (secondary N) is 3. The molecule has 6 amide bonds. The van der Waals surface area contributed by atoms with Gasteiger partial charge >= 0.3 is 18.0 Å². The average Bonchev–Trinajstić information content (AvgIpc) is 3.03. The Morgan fingerprint density at radius 2 is 1.85 bits per heavy atom. The van der Waals surface area contributed by atoms with Gasteiger partial charge in [0.25, 0.3) is 11.8 Å². The molecule has 34 heavy (non-hydrogen) atoms. The molecule has 2 heterocycles. The number of anilines is 1. The Hall–Kier alpha value is -3.83. The van der Waals surface area contributed by atoms with Crippen molar-refractivity contribution in [3.05, 3.63) is 18.2 Å². The second-order valence-corrected chi connectivity index (χ2v) is 8.61. The van der Waals surface area contributed by atoms with Crippen LogP contribution in [0.5, 0.6) is 11.5 Å². The normalized spacial score (nSPS) is 23.3. The maximum absolute atomic E-state index is 12.8. The van der Waals surface area contributed by atoms with Crippen molar-refractivity contribution in [3.63, 3.8) is 0 Å². The minimum atomic E-state index is -0.965. The van der Waals surface area contributed by atoms with Crippen LogP contribution in [-0.4, -0.2) is 66.7 Å². The Labute approximate surface area is 195 Å². The summed E-state index contributed by atoms with van der Waals surface area (Å²) in [7, 11) is 0. The van der Waals surface area contributed by atoms with Gasteiger partial charge in [-0.3, -0.25) is 24.6 Å². The van der Waals surface area contributed by atoms with Gasteiger partial charge in [0.05, 0.1) is 0 Å². The zero-order valence-electron chi connectivity index (χ0n) is 18.7. The molecule has 1 saturated carbocycles. The molecule has 1 aromatic carbocycles. The van der Waals surface area contributed by atoms with Crippen LogP contribution in [-0.2, 0) is 19.1 Å². The van der Waals surface area contributed by atoms with Crippen molar-refractivity contribution in [2.45, 2.75) is 38.1 Å². The molecule has 12 heteroatoms. The molecule has 2 fully saturated rings. The molecule has 1 spiro atoms. The number of carbonyl (C=O) groups is 5. The molecule has 0 radical (unpaired) electrons. The Morgan fingerprint density at radius 1 is 1.15 bits per heavy atom. The average molecular weight is 474 g/mol. The molecular formula is C22H26N4O8. The molecule has 2 aliphatic heterocycles. The molecule has 12 nitrogen and oxygen atoms in total. The van der Waals surface area contributed by atoms with Gasteiger partial charge in [-0.2, -0.15) is 0 Å². The molecule has 0 bridgehead atoms. The number of rotatable bonds is 5. The third-order valence-electron chi connectivity index (χ3n) is 6.08. The summed E-state index contributed by atoms with van der Waals surface area (Å²) in [5.41, 5.74) is -0.594. The molecule has 0 atom stereocenters. The van der Waals surface area contributed by atoms with Crippen LogP contribution < -0.4 is 25.4 Å². The van der Waals surface area contributed by atoms with E-state index in [0.29, 0.717) is 49.2 Å². The zero-order valence-corrected chi connectivity index (χ0v) is 18.7. The smallest absolute Gasteiger partial charge is 0.326 e. The maximum Gasteiger partial charge on any atom is 0.326 e. The number of benzene rings is 1.